The summed E-state index contributed by atoms with van der Waals surface area (Å²) in [6, 6.07) is -0.384. The molecule has 6 saturated heterocycles. The second-order valence-corrected chi connectivity index (χ2v) is 49.1. The predicted octanol–water partition coefficient (Wildman–Crippen LogP) is 9.30. The number of nitrogens with zero attached hydrogens (tertiary/aromatic N) is 4. The summed E-state index contributed by atoms with van der Waals surface area (Å²) in [5.74, 6) is -7.94. The van der Waals surface area contributed by atoms with E-state index < -0.39 is 220 Å². The van der Waals surface area contributed by atoms with E-state index in [0.29, 0.717) is 18.6 Å². The zero-order valence-corrected chi connectivity index (χ0v) is 79.4. The Kier molecular flexibility index (Phi) is 36.0. The van der Waals surface area contributed by atoms with Gasteiger partial charge >= 0.3 is 11.9 Å². The lowest BCUT2D eigenvalue weighted by molar-refractivity contribution is -0.317. The highest BCUT2D eigenvalue weighted by atomic mass is 28.4. The van der Waals surface area contributed by atoms with Gasteiger partial charge in [0.05, 0.1) is 113 Å². The van der Waals surface area contributed by atoms with E-state index in [1.54, 1.807) is 83.3 Å². The summed E-state index contributed by atoms with van der Waals surface area (Å²) in [4.78, 5) is 39.0. The van der Waals surface area contributed by atoms with Crippen molar-refractivity contribution >= 4 is 40.0 Å². The van der Waals surface area contributed by atoms with E-state index >= 15 is 0 Å². The molecule has 7 rings (SSSR count). The number of hydrogen-bond donors (Lipinski definition) is 9. The zero-order chi connectivity index (χ0) is 89.1. The van der Waals surface area contributed by atoms with Gasteiger partial charge in [-0.25, -0.2) is 0 Å². The third-order valence-corrected chi connectivity index (χ3v) is 28.6. The van der Waals surface area contributed by atoms with Crippen LogP contribution in [0, 0.1) is 47.3 Å². The summed E-state index contributed by atoms with van der Waals surface area (Å²) in [5.41, 5.74) is -9.12. The van der Waals surface area contributed by atoms with Crippen molar-refractivity contribution in [1.82, 2.24) is 9.80 Å². The predicted molar refractivity (Wildman–Crippen MR) is 447 cm³/mol. The molecule has 1 saturated carbocycles. The third kappa shape index (κ3) is 25.4. The maximum Gasteiger partial charge on any atom is 0.311 e. The van der Waals surface area contributed by atoms with Crippen molar-refractivity contribution in [3.05, 3.63) is 0 Å². The number of oxime groups is 2. The third-order valence-electron chi connectivity index (χ3n) is 26.7. The fraction of sp³-hybridized carbons (Fsp3) is 0.953. The molecule has 0 bridgehead atoms. The first-order valence-electron chi connectivity index (χ1n) is 43.1. The van der Waals surface area contributed by atoms with Crippen LogP contribution >= 0.6 is 0 Å². The Morgan fingerprint density at radius 1 is 0.462 bits per heavy atom. The van der Waals surface area contributed by atoms with Gasteiger partial charge in [-0.15, -0.1) is 0 Å². The molecule has 0 spiro atoms. The molecule has 1 aliphatic carbocycles. The number of cyclic esters (lactones) is 2. The molecule has 117 heavy (non-hydrogen) atoms. The van der Waals surface area contributed by atoms with E-state index in [1.165, 1.54) is 27.9 Å². The van der Waals surface area contributed by atoms with Gasteiger partial charge in [0.2, 0.25) is 0 Å². The minimum atomic E-state index is -2.21. The number of carbonyl (C=O) groups excluding carboxylic acids is 2. The van der Waals surface area contributed by atoms with Gasteiger partial charge in [0.25, 0.3) is 0 Å². The van der Waals surface area contributed by atoms with Crippen LogP contribution in [0.5, 0.6) is 0 Å². The number of ether oxygens (including phenoxy) is 12. The average Bonchev–Trinajstić information content (AvgIpc) is 0.768. The molecule has 0 amide bonds. The van der Waals surface area contributed by atoms with E-state index in [0.717, 1.165) is 32.1 Å². The van der Waals surface area contributed by atoms with Crippen molar-refractivity contribution < 1.29 is 126 Å². The van der Waals surface area contributed by atoms with E-state index in [1.807, 2.05) is 74.6 Å². The van der Waals surface area contributed by atoms with Crippen LogP contribution in [-0.2, 0) is 80.1 Å². The van der Waals surface area contributed by atoms with Crippen LogP contribution in [-0.4, -0.2) is 312 Å². The Labute approximate surface area is 702 Å². The van der Waals surface area contributed by atoms with Crippen LogP contribution in [0.4, 0.5) is 0 Å². The topological polar surface area (TPSA) is 386 Å². The first kappa shape index (κ1) is 103. The number of aliphatic hydroxyl groups is 8. The van der Waals surface area contributed by atoms with E-state index in [9.17, 15) is 55.6 Å². The molecule has 32 heteroatoms. The summed E-state index contributed by atoms with van der Waals surface area (Å²) >= 11 is 0. The fourth-order valence-electron chi connectivity index (χ4n) is 19.0. The standard InChI is InChI=1S/C49H94N2O13Si2.C36H66N2O13/c1-29-27-47(9,54)42(61-45-40(62-65(15,16)17)36(51(12)13)26-30(2)57-45)32(4)39(60-37-28-48(10,56-14)43(34(6)58-37)63-66(18,19)20)33(5)44(53)59-35(7)49(11,55)41(52)31(3)38(29)50-64-46(8)24-22-21-23-25-46;1-17-15-34(8,43)31(51-33-27(39)24(38(11)12)14-18(2)47-33)20(4)28(50-25-16-35(9,46-13)30(41)22(6)48-25)21(5)32(42)49-23(7)36(10,44)29(40)19(3)26(17)37-45/h29-37,39-43,45,52,54-55H,21-28H2,1-20H3;17-25,27-31,33,39-41,43-45H,14-16H2,1-13H3/b50-38-;37-26-/t29-,30-,31?,32+,33-,34+,35-,36?,37?,39?,40?,41?,42?,43?,45?,47?,48?,49?;17-,18-,19?,20+,21-,22+,23-,24?,25?,27?,28?,29?,30?,31?,33?,34?,35?,36?/m11/s1. The molecule has 36 atom stereocenters. The maximum atomic E-state index is 14.6. The summed E-state index contributed by atoms with van der Waals surface area (Å²) in [6.07, 6.45) is -11.8. The van der Waals surface area contributed by atoms with Crippen molar-refractivity contribution in [3.8, 4) is 0 Å². The van der Waals surface area contributed by atoms with Crippen molar-refractivity contribution in [1.29, 1.82) is 0 Å². The molecule has 0 aromatic carbocycles. The fourth-order valence-corrected chi connectivity index (χ4v) is 21.3. The van der Waals surface area contributed by atoms with Crippen molar-refractivity contribution in [3.63, 3.8) is 0 Å². The van der Waals surface area contributed by atoms with Crippen molar-refractivity contribution in [2.75, 3.05) is 42.4 Å². The monoisotopic (exact) mass is 1710 g/mol. The van der Waals surface area contributed by atoms with Crippen molar-refractivity contribution in [2.45, 2.75) is 429 Å². The number of hydrogen-bond acceptors (Lipinski definition) is 30. The van der Waals surface area contributed by atoms with Gasteiger partial charge in [-0.05, 0) is 223 Å². The van der Waals surface area contributed by atoms with Gasteiger partial charge < -0.3 is 126 Å². The highest BCUT2D eigenvalue weighted by Crippen LogP contribution is 2.46. The summed E-state index contributed by atoms with van der Waals surface area (Å²) in [6.45, 7) is 49.2. The highest BCUT2D eigenvalue weighted by molar-refractivity contribution is 6.70. The number of esters is 2. The van der Waals surface area contributed by atoms with Gasteiger partial charge in [-0.1, -0.05) is 58.3 Å². The van der Waals surface area contributed by atoms with Crippen LogP contribution in [0.1, 0.15) is 216 Å². The van der Waals surface area contributed by atoms with Gasteiger partial charge in [0.1, 0.15) is 47.3 Å². The van der Waals surface area contributed by atoms with Crippen LogP contribution in [0.2, 0.25) is 39.3 Å². The first-order chi connectivity index (χ1) is 53.6. The van der Waals surface area contributed by atoms with Gasteiger partial charge in [0.15, 0.2) is 41.8 Å². The summed E-state index contributed by atoms with van der Waals surface area (Å²) in [7, 11) is 6.64. The average molecular weight is 1710 g/mol. The SMILES string of the molecule is COC1(C)CC(OC2[C@H](C)C(OC3O[C@H](C)CC(N(C)C)C3O)C(C)(O)C[C@@H](C)/C(=N/O)C(C)C(O)C(C)(O)[C@@H](C)OC(=O)[C@@H]2C)O[C@@H](C)C1O.COC1(C)CC(OC2[C@H](C)C(OC3O[C@H](C)CC(N(C)C)C3O[Si](C)(C)C)C(C)(O)C[C@@H](C)/C(=N/OC3(C)CCCCC3)C(C)C(O)C(C)(O)[C@@H](C)OC(=O)[C@@H]2C)O[C@@H](C)C1O[Si](C)(C)C. The maximum absolute atomic E-state index is 14.6. The molecule has 30 nitrogen and oxygen atoms in total. The van der Waals surface area contributed by atoms with Crippen LogP contribution in [0.3, 0.4) is 0 Å². The Hall–Kier alpha value is -2.57. The van der Waals surface area contributed by atoms with Crippen LogP contribution in [0.15, 0.2) is 10.3 Å². The normalized spacial score (nSPS) is 47.1. The molecular weight excluding hydrogens is 1550 g/mol. The van der Waals surface area contributed by atoms with Crippen LogP contribution < -0.4 is 0 Å². The molecule has 0 radical (unpaired) electrons. The van der Waals surface area contributed by atoms with E-state index in [-0.39, 0.29) is 61.8 Å². The minimum Gasteiger partial charge on any atom is -0.459 e. The lowest BCUT2D eigenvalue weighted by Crippen LogP contribution is -2.62. The first-order valence-corrected chi connectivity index (χ1v) is 49.9. The molecule has 0 aromatic rings. The summed E-state index contributed by atoms with van der Waals surface area (Å²) < 4.78 is 90.5. The van der Waals surface area contributed by atoms with E-state index in [2.05, 4.69) is 56.3 Å². The van der Waals surface area contributed by atoms with Gasteiger partial charge in [0, 0.05) is 74.7 Å². The number of carbonyl (C=O) groups is 2. The number of likely N-dealkylation sites (N-methyl/N-ethyl adjacent to an activating group) is 2. The Morgan fingerprint density at radius 3 is 1.29 bits per heavy atom. The molecule has 24 unspecified atom stereocenters. The molecular formula is C85H160N4O26Si2. The second-order valence-electron chi connectivity index (χ2n) is 40.2. The Morgan fingerprint density at radius 2 is 0.863 bits per heavy atom. The molecule has 9 N–H and O–H groups in total. The lowest BCUT2D eigenvalue weighted by atomic mass is 9.74. The Bertz CT molecular complexity index is 3190. The smallest absolute Gasteiger partial charge is 0.311 e. The number of rotatable bonds is 18. The lowest BCUT2D eigenvalue weighted by Gasteiger charge is -2.51. The van der Waals surface area contributed by atoms with Crippen molar-refractivity contribution in [2.24, 2.45) is 57.7 Å². The molecule has 684 valence electrons. The molecule has 7 fully saturated rings. The molecule has 0 aromatic heterocycles. The largest absolute Gasteiger partial charge is 0.459 e. The van der Waals surface area contributed by atoms with Gasteiger partial charge in [-0.2, -0.15) is 0 Å². The number of methoxy groups -OCH3 is 2. The molecule has 6 aliphatic heterocycles. The van der Waals surface area contributed by atoms with E-state index in [4.69, 9.17) is 75.7 Å². The minimum absolute atomic E-state index is 0.0621. The quantitative estimate of drug-likeness (QED) is 0.0267. The second kappa shape index (κ2) is 40.8. The molecule has 7 aliphatic rings. The summed E-state index contributed by atoms with van der Waals surface area (Å²) in [5, 5.41) is 114. The zero-order valence-electron chi connectivity index (χ0n) is 77.4. The van der Waals surface area contributed by atoms with Gasteiger partial charge in [-0.3, -0.25) is 9.59 Å². The highest BCUT2D eigenvalue weighted by Gasteiger charge is 2.58. The van der Waals surface area contributed by atoms with Crippen LogP contribution in [0.25, 0.3) is 0 Å². The Balaban J connectivity index is 0.000000376. The molecule has 6 heterocycles. The number of aliphatic hydroxyl groups excluding tert-OH is 4.